The number of H-pyrrole nitrogens is 1. The fourth-order valence-corrected chi connectivity index (χ4v) is 4.54. The van der Waals surface area contributed by atoms with Gasteiger partial charge in [-0.05, 0) is 60.7 Å². The molecule has 0 atom stereocenters. The maximum atomic E-state index is 13.0. The third-order valence-corrected chi connectivity index (χ3v) is 6.28. The lowest BCUT2D eigenvalue weighted by Crippen LogP contribution is -2.37. The normalized spacial score (nSPS) is 14.8. The van der Waals surface area contributed by atoms with Gasteiger partial charge in [0.15, 0.2) is 0 Å². The molecule has 6 nitrogen and oxygen atoms in total. The van der Waals surface area contributed by atoms with Crippen molar-refractivity contribution in [2.24, 2.45) is 0 Å². The van der Waals surface area contributed by atoms with E-state index in [1.807, 2.05) is 41.3 Å². The number of halogens is 1. The van der Waals surface area contributed by atoms with E-state index in [1.165, 1.54) is 10.9 Å². The summed E-state index contributed by atoms with van der Waals surface area (Å²) >= 11 is 6.07. The number of nitrogens with one attached hydrogen (secondary N) is 1. The molecule has 1 saturated heterocycles. The van der Waals surface area contributed by atoms with Gasteiger partial charge in [-0.25, -0.2) is 4.68 Å². The van der Waals surface area contributed by atoms with Crippen LogP contribution in [-0.4, -0.2) is 45.8 Å². The van der Waals surface area contributed by atoms with E-state index in [9.17, 15) is 4.79 Å². The summed E-state index contributed by atoms with van der Waals surface area (Å²) < 4.78 is 7.08. The summed E-state index contributed by atoms with van der Waals surface area (Å²) in [4.78, 5) is 18.3. The van der Waals surface area contributed by atoms with E-state index in [2.05, 4.69) is 22.3 Å². The number of ether oxygens (including phenoxy) is 1. The van der Waals surface area contributed by atoms with Crippen LogP contribution in [0.25, 0.3) is 16.6 Å². The highest BCUT2D eigenvalue weighted by Gasteiger charge is 2.27. The number of benzene rings is 2. The number of carbonyl (C=O) groups is 1. The summed E-state index contributed by atoms with van der Waals surface area (Å²) in [7, 11) is 1.69. The second-order valence-electron chi connectivity index (χ2n) is 7.88. The van der Waals surface area contributed by atoms with Crippen molar-refractivity contribution < 1.29 is 9.53 Å². The molecular weight excluding hydrogens is 412 g/mol. The average molecular weight is 435 g/mol. The molecule has 0 unspecified atom stereocenters. The summed E-state index contributed by atoms with van der Waals surface area (Å²) in [6.07, 6.45) is 7.35. The molecular formula is C24H23ClN4O2. The number of piperidine rings is 1. The molecule has 0 radical (unpaired) electrons. The van der Waals surface area contributed by atoms with Crippen molar-refractivity contribution in [2.45, 2.75) is 18.8 Å². The molecule has 1 fully saturated rings. The Morgan fingerprint density at radius 3 is 2.81 bits per heavy atom. The summed E-state index contributed by atoms with van der Waals surface area (Å²) in [6.45, 7) is 1.45. The minimum Gasteiger partial charge on any atom is -0.497 e. The first-order valence-electron chi connectivity index (χ1n) is 10.4. The second-order valence-corrected chi connectivity index (χ2v) is 8.31. The maximum absolute atomic E-state index is 13.0. The molecule has 1 aliphatic heterocycles. The van der Waals surface area contributed by atoms with Gasteiger partial charge in [0.1, 0.15) is 5.75 Å². The van der Waals surface area contributed by atoms with Crippen LogP contribution in [0.1, 0.15) is 34.7 Å². The highest BCUT2D eigenvalue weighted by atomic mass is 35.5. The third kappa shape index (κ3) is 3.79. The van der Waals surface area contributed by atoms with Gasteiger partial charge in [0.05, 0.1) is 24.6 Å². The van der Waals surface area contributed by atoms with Crippen molar-refractivity contribution in [1.82, 2.24) is 19.7 Å². The molecule has 7 heteroatoms. The minimum absolute atomic E-state index is 0.0207. The number of hydrogen-bond donors (Lipinski definition) is 1. The van der Waals surface area contributed by atoms with Crippen molar-refractivity contribution in [1.29, 1.82) is 0 Å². The first-order valence-corrected chi connectivity index (χ1v) is 10.7. The molecule has 5 rings (SSSR count). The summed E-state index contributed by atoms with van der Waals surface area (Å²) in [6, 6.07) is 13.5. The van der Waals surface area contributed by atoms with Crippen LogP contribution in [0.4, 0.5) is 0 Å². The number of aromatic amines is 1. The van der Waals surface area contributed by atoms with Crippen LogP contribution in [0.5, 0.6) is 5.75 Å². The van der Waals surface area contributed by atoms with Crippen molar-refractivity contribution in [3.63, 3.8) is 0 Å². The molecule has 1 N–H and O–H groups in total. The Morgan fingerprint density at radius 1 is 1.19 bits per heavy atom. The Kier molecular flexibility index (Phi) is 5.16. The summed E-state index contributed by atoms with van der Waals surface area (Å²) in [5.74, 6) is 1.30. The van der Waals surface area contributed by atoms with E-state index in [4.69, 9.17) is 16.3 Å². The smallest absolute Gasteiger partial charge is 0.257 e. The Hall–Kier alpha value is -3.25. The zero-order valence-corrected chi connectivity index (χ0v) is 18.0. The van der Waals surface area contributed by atoms with E-state index in [-0.39, 0.29) is 5.91 Å². The van der Waals surface area contributed by atoms with Crippen LogP contribution < -0.4 is 4.74 Å². The monoisotopic (exact) mass is 434 g/mol. The van der Waals surface area contributed by atoms with Gasteiger partial charge in [-0.15, -0.1) is 0 Å². The van der Waals surface area contributed by atoms with Gasteiger partial charge in [0.25, 0.3) is 5.91 Å². The van der Waals surface area contributed by atoms with E-state index in [0.717, 1.165) is 42.9 Å². The summed E-state index contributed by atoms with van der Waals surface area (Å²) in [5.41, 5.74) is 3.84. The van der Waals surface area contributed by atoms with Gasteiger partial charge < -0.3 is 14.6 Å². The van der Waals surface area contributed by atoms with Crippen molar-refractivity contribution in [2.75, 3.05) is 20.2 Å². The molecule has 4 aromatic rings. The molecule has 0 bridgehead atoms. The lowest BCUT2D eigenvalue weighted by atomic mass is 9.89. The van der Waals surface area contributed by atoms with Crippen LogP contribution >= 0.6 is 11.6 Å². The maximum Gasteiger partial charge on any atom is 0.257 e. The second kappa shape index (κ2) is 8.12. The Morgan fingerprint density at radius 2 is 2.03 bits per heavy atom. The topological polar surface area (TPSA) is 63.1 Å². The largest absolute Gasteiger partial charge is 0.497 e. The van der Waals surface area contributed by atoms with Crippen LogP contribution in [0.2, 0.25) is 5.02 Å². The number of methoxy groups -OCH3 is 1. The SMILES string of the molecule is COc1ccc2[nH]cc(C3CCN(C(=O)c4cnn(-c5cccc(Cl)c5)c4)CC3)c2c1. The fraction of sp³-hybridized carbons (Fsp3) is 0.250. The molecule has 0 aliphatic carbocycles. The molecule has 1 amide bonds. The van der Waals surface area contributed by atoms with Crippen LogP contribution in [-0.2, 0) is 0 Å². The zero-order valence-electron chi connectivity index (χ0n) is 17.2. The van der Waals surface area contributed by atoms with E-state index < -0.39 is 0 Å². The average Bonchev–Trinajstić information content (AvgIpc) is 3.46. The van der Waals surface area contributed by atoms with Crippen LogP contribution in [0.3, 0.4) is 0 Å². The fourth-order valence-electron chi connectivity index (χ4n) is 4.36. The Bertz CT molecular complexity index is 1240. The van der Waals surface area contributed by atoms with Gasteiger partial charge in [-0.1, -0.05) is 17.7 Å². The van der Waals surface area contributed by atoms with Gasteiger partial charge in [-0.3, -0.25) is 4.79 Å². The standard InChI is InChI=1S/C24H23ClN4O2/c1-31-20-5-6-23-21(12-20)22(14-26-23)16-7-9-28(10-8-16)24(30)17-13-27-29(15-17)19-4-2-3-18(25)11-19/h2-6,11-16,26H,7-10H2,1H3. The quantitative estimate of drug-likeness (QED) is 0.489. The molecule has 31 heavy (non-hydrogen) atoms. The Labute approximate surface area is 185 Å². The lowest BCUT2D eigenvalue weighted by molar-refractivity contribution is 0.0713. The molecule has 0 spiro atoms. The number of fused-ring (bicyclic) bond motifs is 1. The lowest BCUT2D eigenvalue weighted by Gasteiger charge is -2.31. The molecule has 2 aromatic carbocycles. The molecule has 158 valence electrons. The van der Waals surface area contributed by atoms with Gasteiger partial charge in [0.2, 0.25) is 0 Å². The van der Waals surface area contributed by atoms with E-state index >= 15 is 0 Å². The predicted molar refractivity (Wildman–Crippen MR) is 121 cm³/mol. The molecule has 2 aromatic heterocycles. The van der Waals surface area contributed by atoms with Crippen LogP contribution in [0, 0.1) is 0 Å². The predicted octanol–water partition coefficient (Wildman–Crippen LogP) is 5.04. The van der Waals surface area contributed by atoms with Crippen molar-refractivity contribution in [3.8, 4) is 11.4 Å². The van der Waals surface area contributed by atoms with Gasteiger partial charge in [0, 0.05) is 41.4 Å². The number of aromatic nitrogens is 3. The minimum atomic E-state index is 0.0207. The zero-order chi connectivity index (χ0) is 21.4. The number of rotatable bonds is 4. The van der Waals surface area contributed by atoms with E-state index in [1.54, 1.807) is 24.2 Å². The number of nitrogens with zero attached hydrogens (tertiary/aromatic N) is 3. The number of carbonyl (C=O) groups excluding carboxylic acids is 1. The number of likely N-dealkylation sites (tertiary alicyclic amines) is 1. The van der Waals surface area contributed by atoms with Gasteiger partial charge in [-0.2, -0.15) is 5.10 Å². The highest BCUT2D eigenvalue weighted by molar-refractivity contribution is 6.30. The first-order chi connectivity index (χ1) is 15.1. The Balaban J connectivity index is 1.28. The van der Waals surface area contributed by atoms with E-state index in [0.29, 0.717) is 16.5 Å². The molecule has 0 saturated carbocycles. The summed E-state index contributed by atoms with van der Waals surface area (Å²) in [5, 5.41) is 6.18. The number of amides is 1. The highest BCUT2D eigenvalue weighted by Crippen LogP contribution is 2.35. The van der Waals surface area contributed by atoms with Gasteiger partial charge >= 0.3 is 0 Å². The van der Waals surface area contributed by atoms with Crippen molar-refractivity contribution >= 4 is 28.4 Å². The molecule has 1 aliphatic rings. The van der Waals surface area contributed by atoms with Crippen molar-refractivity contribution in [3.05, 3.63) is 77.2 Å². The third-order valence-electron chi connectivity index (χ3n) is 6.05. The molecule has 3 heterocycles. The van der Waals surface area contributed by atoms with Crippen LogP contribution in [0.15, 0.2) is 61.1 Å². The first kappa shape index (κ1) is 19.7. The number of hydrogen-bond acceptors (Lipinski definition) is 3.